The number of rotatable bonds is 8. The smallest absolute Gasteiger partial charge is 0.129 e. The Balaban J connectivity index is 2.73. The van der Waals surface area contributed by atoms with Gasteiger partial charge in [-0.15, -0.1) is 0 Å². The minimum absolute atomic E-state index is 0.247. The van der Waals surface area contributed by atoms with Crippen LogP contribution in [0.25, 0.3) is 0 Å². The first kappa shape index (κ1) is 15.1. The van der Waals surface area contributed by atoms with Crippen LogP contribution in [0.1, 0.15) is 70.3 Å². The Morgan fingerprint density at radius 2 is 1.61 bits per heavy atom. The quantitative estimate of drug-likeness (QED) is 0.513. The third kappa shape index (κ3) is 4.75. The topological polar surface area (TPSA) is 0 Å². The molecule has 0 N–H and O–H groups in total. The summed E-state index contributed by atoms with van der Waals surface area (Å²) in [6.45, 7) is 4.31. The van der Waals surface area contributed by atoms with Crippen molar-refractivity contribution in [3.63, 3.8) is 0 Å². The lowest BCUT2D eigenvalue weighted by Crippen LogP contribution is -2.03. The Bertz CT molecular complexity index is 347. The van der Waals surface area contributed by atoms with Gasteiger partial charge >= 0.3 is 0 Å². The molecular weight excluding hydrogens is 230 g/mol. The molecule has 0 spiro atoms. The van der Waals surface area contributed by atoms with Crippen molar-refractivity contribution in [3.8, 4) is 0 Å². The highest BCUT2D eigenvalue weighted by molar-refractivity contribution is 5.22. The van der Waals surface area contributed by atoms with Crippen molar-refractivity contribution in [2.45, 2.75) is 64.7 Å². The molecule has 0 amide bonds. The SMILES string of the molecule is CCCCCC(CCCC)c1ccc(F)cc1F. The molecule has 0 nitrogen and oxygen atoms in total. The molecule has 0 aliphatic heterocycles. The van der Waals surface area contributed by atoms with E-state index in [0.717, 1.165) is 38.2 Å². The van der Waals surface area contributed by atoms with Gasteiger partial charge in [0, 0.05) is 6.07 Å². The lowest BCUT2D eigenvalue weighted by atomic mass is 9.88. The predicted octanol–water partition coefficient (Wildman–Crippen LogP) is 5.82. The molecule has 0 bridgehead atoms. The molecule has 1 aromatic carbocycles. The normalized spacial score (nSPS) is 12.7. The van der Waals surface area contributed by atoms with Gasteiger partial charge in [-0.3, -0.25) is 0 Å². The zero-order valence-corrected chi connectivity index (χ0v) is 11.5. The Labute approximate surface area is 109 Å². The summed E-state index contributed by atoms with van der Waals surface area (Å²) in [5, 5.41) is 0. The Morgan fingerprint density at radius 1 is 0.944 bits per heavy atom. The van der Waals surface area contributed by atoms with Crippen LogP contribution in [-0.4, -0.2) is 0 Å². The molecule has 0 radical (unpaired) electrons. The lowest BCUT2D eigenvalue weighted by Gasteiger charge is -2.17. The number of unbranched alkanes of at least 4 members (excludes halogenated alkanes) is 3. The maximum Gasteiger partial charge on any atom is 0.129 e. The van der Waals surface area contributed by atoms with Gasteiger partial charge in [0.25, 0.3) is 0 Å². The van der Waals surface area contributed by atoms with Gasteiger partial charge in [0.15, 0.2) is 0 Å². The molecule has 0 saturated carbocycles. The van der Waals surface area contributed by atoms with Gasteiger partial charge in [-0.25, -0.2) is 8.78 Å². The summed E-state index contributed by atoms with van der Waals surface area (Å²) < 4.78 is 26.7. The number of halogens is 2. The Morgan fingerprint density at radius 3 is 2.22 bits per heavy atom. The van der Waals surface area contributed by atoms with E-state index in [2.05, 4.69) is 13.8 Å². The second kappa shape index (κ2) is 8.23. The zero-order valence-electron chi connectivity index (χ0n) is 11.5. The molecule has 2 heteroatoms. The molecule has 0 fully saturated rings. The van der Waals surface area contributed by atoms with Crippen LogP contribution >= 0.6 is 0 Å². The molecule has 1 aromatic rings. The Kier molecular flexibility index (Phi) is 6.92. The van der Waals surface area contributed by atoms with E-state index in [9.17, 15) is 8.78 Å². The molecule has 1 rings (SSSR count). The third-order valence-electron chi connectivity index (χ3n) is 3.46. The predicted molar refractivity (Wildman–Crippen MR) is 72.8 cm³/mol. The number of hydrogen-bond donors (Lipinski definition) is 0. The van der Waals surface area contributed by atoms with Crippen LogP contribution in [0.2, 0.25) is 0 Å². The first-order valence-corrected chi connectivity index (χ1v) is 7.14. The van der Waals surface area contributed by atoms with E-state index in [1.54, 1.807) is 6.07 Å². The van der Waals surface area contributed by atoms with E-state index in [1.807, 2.05) is 0 Å². The van der Waals surface area contributed by atoms with Crippen LogP contribution in [0.15, 0.2) is 18.2 Å². The fraction of sp³-hybridized carbons (Fsp3) is 0.625. The highest BCUT2D eigenvalue weighted by Gasteiger charge is 2.15. The van der Waals surface area contributed by atoms with Crippen LogP contribution < -0.4 is 0 Å². The van der Waals surface area contributed by atoms with Crippen molar-refractivity contribution >= 4 is 0 Å². The number of benzene rings is 1. The van der Waals surface area contributed by atoms with Gasteiger partial charge in [0.1, 0.15) is 11.6 Å². The molecule has 1 atom stereocenters. The molecule has 1 unspecified atom stereocenters. The maximum absolute atomic E-state index is 13.8. The van der Waals surface area contributed by atoms with Crippen molar-refractivity contribution < 1.29 is 8.78 Å². The van der Waals surface area contributed by atoms with Gasteiger partial charge in [-0.05, 0) is 30.4 Å². The molecule has 0 aromatic heterocycles. The van der Waals surface area contributed by atoms with Crippen molar-refractivity contribution in [2.75, 3.05) is 0 Å². The summed E-state index contributed by atoms with van der Waals surface area (Å²) in [4.78, 5) is 0. The van der Waals surface area contributed by atoms with Crippen molar-refractivity contribution in [2.24, 2.45) is 0 Å². The van der Waals surface area contributed by atoms with Crippen LogP contribution in [0.5, 0.6) is 0 Å². The average molecular weight is 254 g/mol. The van der Waals surface area contributed by atoms with E-state index in [1.165, 1.54) is 18.9 Å². The summed E-state index contributed by atoms with van der Waals surface area (Å²) in [6, 6.07) is 4.00. The summed E-state index contributed by atoms with van der Waals surface area (Å²) >= 11 is 0. The highest BCUT2D eigenvalue weighted by atomic mass is 19.1. The fourth-order valence-corrected chi connectivity index (χ4v) is 2.38. The van der Waals surface area contributed by atoms with Crippen LogP contribution in [0.3, 0.4) is 0 Å². The second-order valence-electron chi connectivity index (χ2n) is 5.00. The third-order valence-corrected chi connectivity index (χ3v) is 3.46. The average Bonchev–Trinajstić information content (AvgIpc) is 2.34. The van der Waals surface area contributed by atoms with Gasteiger partial charge < -0.3 is 0 Å². The zero-order chi connectivity index (χ0) is 13.4. The van der Waals surface area contributed by atoms with E-state index >= 15 is 0 Å². The van der Waals surface area contributed by atoms with Gasteiger partial charge in [0.2, 0.25) is 0 Å². The molecule has 0 heterocycles. The van der Waals surface area contributed by atoms with Crippen molar-refractivity contribution in [1.82, 2.24) is 0 Å². The molecule has 0 aliphatic carbocycles. The van der Waals surface area contributed by atoms with E-state index < -0.39 is 5.82 Å². The van der Waals surface area contributed by atoms with Gasteiger partial charge in [0.05, 0.1) is 0 Å². The van der Waals surface area contributed by atoms with E-state index in [4.69, 9.17) is 0 Å². The lowest BCUT2D eigenvalue weighted by molar-refractivity contribution is 0.485. The standard InChI is InChI=1S/C16H24F2/c1-3-5-7-9-13(8-6-4-2)15-11-10-14(17)12-16(15)18/h10-13H,3-9H2,1-2H3. The van der Waals surface area contributed by atoms with Crippen LogP contribution in [0.4, 0.5) is 8.78 Å². The van der Waals surface area contributed by atoms with Crippen molar-refractivity contribution in [3.05, 3.63) is 35.4 Å². The monoisotopic (exact) mass is 254 g/mol. The number of hydrogen-bond acceptors (Lipinski definition) is 0. The fourth-order valence-electron chi connectivity index (χ4n) is 2.38. The van der Waals surface area contributed by atoms with E-state index in [0.29, 0.717) is 5.56 Å². The minimum atomic E-state index is -0.487. The highest BCUT2D eigenvalue weighted by Crippen LogP contribution is 2.30. The first-order valence-electron chi connectivity index (χ1n) is 7.14. The van der Waals surface area contributed by atoms with Crippen molar-refractivity contribution in [1.29, 1.82) is 0 Å². The molecule has 18 heavy (non-hydrogen) atoms. The summed E-state index contributed by atoms with van der Waals surface area (Å²) in [5.74, 6) is -0.622. The van der Waals surface area contributed by atoms with E-state index in [-0.39, 0.29) is 11.7 Å². The maximum atomic E-state index is 13.8. The summed E-state index contributed by atoms with van der Waals surface area (Å²) in [6.07, 6.45) is 7.72. The molecule has 102 valence electrons. The summed E-state index contributed by atoms with van der Waals surface area (Å²) in [5.41, 5.74) is 0.695. The minimum Gasteiger partial charge on any atom is -0.207 e. The molecular formula is C16H24F2. The second-order valence-corrected chi connectivity index (χ2v) is 5.00. The van der Waals surface area contributed by atoms with Gasteiger partial charge in [-0.1, -0.05) is 52.0 Å². The molecule has 0 aliphatic rings. The molecule has 0 saturated heterocycles. The van der Waals surface area contributed by atoms with Crippen LogP contribution in [-0.2, 0) is 0 Å². The Hall–Kier alpha value is -0.920. The first-order chi connectivity index (χ1) is 8.69. The van der Waals surface area contributed by atoms with Gasteiger partial charge in [-0.2, -0.15) is 0 Å². The summed E-state index contributed by atoms with van der Waals surface area (Å²) in [7, 11) is 0. The van der Waals surface area contributed by atoms with Crippen LogP contribution in [0, 0.1) is 11.6 Å². The largest absolute Gasteiger partial charge is 0.207 e.